The lowest BCUT2D eigenvalue weighted by Gasteiger charge is -2.36. The molecule has 0 radical (unpaired) electrons. The minimum atomic E-state index is -0.493. The Kier molecular flexibility index (Phi) is 6.30. The molecular weight excluding hydrogens is 452 g/mol. The van der Waals surface area contributed by atoms with Crippen molar-refractivity contribution in [2.75, 3.05) is 61.8 Å². The van der Waals surface area contributed by atoms with Gasteiger partial charge in [0.25, 0.3) is 11.7 Å². The number of furan rings is 1. The normalized spacial score (nSPS) is 14.3. The second kappa shape index (κ2) is 9.85. The summed E-state index contributed by atoms with van der Waals surface area (Å²) in [7, 11) is 0. The van der Waals surface area contributed by atoms with E-state index in [0.717, 1.165) is 38.4 Å². The van der Waals surface area contributed by atoms with Crippen molar-refractivity contribution in [3.8, 4) is 17.3 Å². The number of fused-ring (bicyclic) bond motifs is 1. The number of anilines is 3. The summed E-state index contributed by atoms with van der Waals surface area (Å²) in [5.74, 6) is 2.03. The van der Waals surface area contributed by atoms with Gasteiger partial charge in [-0.05, 0) is 36.4 Å². The van der Waals surface area contributed by atoms with Gasteiger partial charge in [-0.3, -0.25) is 9.69 Å². The molecule has 0 atom stereocenters. The average Bonchev–Trinajstić information content (AvgIpc) is 3.54. The number of nitrogen functional groups attached to an aromatic ring is 1. The summed E-state index contributed by atoms with van der Waals surface area (Å²) in [6.07, 6.45) is 1.56. The minimum absolute atomic E-state index is 0.123. The molecular formula is C22H26N10O3. The van der Waals surface area contributed by atoms with Gasteiger partial charge in [-0.1, -0.05) is 0 Å². The van der Waals surface area contributed by atoms with E-state index in [0.29, 0.717) is 35.6 Å². The quantitative estimate of drug-likeness (QED) is 0.306. The van der Waals surface area contributed by atoms with Gasteiger partial charge in [-0.25, -0.2) is 0 Å². The highest BCUT2D eigenvalue weighted by Gasteiger charge is 2.18. The summed E-state index contributed by atoms with van der Waals surface area (Å²) in [5.41, 5.74) is 12.3. The van der Waals surface area contributed by atoms with Crippen LogP contribution in [0, 0.1) is 0 Å². The van der Waals surface area contributed by atoms with E-state index in [1.165, 1.54) is 4.52 Å². The Balaban J connectivity index is 1.10. The standard InChI is InChI=1S/C22H26N10O3/c23-18(33)14-35-16-5-3-15(4-6-16)31-11-9-30(10-12-31)8-7-25-21-27-20(24)32-22(28-21)26-19(29-32)17-2-1-13-34-17/h1-6,13H,7-12,14H2,(H2,23,33)(H3,24,25,26,27,28,29). The van der Waals surface area contributed by atoms with Crippen molar-refractivity contribution in [2.45, 2.75) is 0 Å². The first-order valence-corrected chi connectivity index (χ1v) is 11.2. The summed E-state index contributed by atoms with van der Waals surface area (Å²) in [4.78, 5) is 28.6. The molecule has 5 rings (SSSR count). The highest BCUT2D eigenvalue weighted by molar-refractivity contribution is 5.75. The Bertz CT molecular complexity index is 1280. The molecule has 35 heavy (non-hydrogen) atoms. The molecule has 1 saturated heterocycles. The number of carbonyl (C=O) groups is 1. The monoisotopic (exact) mass is 478 g/mol. The Morgan fingerprint density at radius 3 is 2.60 bits per heavy atom. The Morgan fingerprint density at radius 2 is 1.89 bits per heavy atom. The van der Waals surface area contributed by atoms with E-state index in [1.54, 1.807) is 18.4 Å². The molecule has 0 bridgehead atoms. The van der Waals surface area contributed by atoms with Crippen LogP contribution in [0.25, 0.3) is 17.4 Å². The van der Waals surface area contributed by atoms with E-state index in [-0.39, 0.29) is 12.6 Å². The van der Waals surface area contributed by atoms with Crippen LogP contribution >= 0.6 is 0 Å². The smallest absolute Gasteiger partial charge is 0.259 e. The van der Waals surface area contributed by atoms with Crippen LogP contribution in [0.5, 0.6) is 5.75 Å². The molecule has 1 aliphatic heterocycles. The van der Waals surface area contributed by atoms with E-state index in [9.17, 15) is 4.79 Å². The van der Waals surface area contributed by atoms with Crippen LogP contribution in [-0.2, 0) is 4.79 Å². The number of nitrogens with one attached hydrogen (secondary N) is 1. The predicted octanol–water partition coefficient (Wildman–Crippen LogP) is 0.460. The molecule has 0 aliphatic carbocycles. The van der Waals surface area contributed by atoms with Crippen molar-refractivity contribution in [1.82, 2.24) is 29.5 Å². The molecule has 4 aromatic rings. The number of nitrogens with two attached hydrogens (primary N) is 2. The fourth-order valence-electron chi connectivity index (χ4n) is 3.86. The second-order valence-electron chi connectivity index (χ2n) is 8.03. The van der Waals surface area contributed by atoms with E-state index >= 15 is 0 Å². The largest absolute Gasteiger partial charge is 0.484 e. The fourth-order valence-corrected chi connectivity index (χ4v) is 3.86. The van der Waals surface area contributed by atoms with Crippen LogP contribution in [0.15, 0.2) is 47.1 Å². The summed E-state index contributed by atoms with van der Waals surface area (Å²) in [5, 5.41) is 7.53. The van der Waals surface area contributed by atoms with Gasteiger partial charge in [0.1, 0.15) is 5.75 Å². The fraction of sp³-hybridized carbons (Fsp3) is 0.318. The van der Waals surface area contributed by atoms with Crippen molar-refractivity contribution in [3.63, 3.8) is 0 Å². The Labute approximate surface area is 200 Å². The van der Waals surface area contributed by atoms with Gasteiger partial charge >= 0.3 is 0 Å². The van der Waals surface area contributed by atoms with Gasteiger partial charge in [-0.2, -0.15) is 19.5 Å². The van der Waals surface area contributed by atoms with Crippen molar-refractivity contribution in [1.29, 1.82) is 0 Å². The molecule has 4 heterocycles. The Morgan fingerprint density at radius 1 is 1.09 bits per heavy atom. The average molecular weight is 479 g/mol. The number of aromatic nitrogens is 5. The number of carbonyl (C=O) groups excluding carboxylic acids is 1. The molecule has 0 unspecified atom stereocenters. The van der Waals surface area contributed by atoms with Crippen LogP contribution in [0.1, 0.15) is 0 Å². The lowest BCUT2D eigenvalue weighted by Crippen LogP contribution is -2.47. The summed E-state index contributed by atoms with van der Waals surface area (Å²) in [6, 6.07) is 11.2. The maximum Gasteiger partial charge on any atom is 0.259 e. The van der Waals surface area contributed by atoms with Gasteiger partial charge in [0, 0.05) is 45.0 Å². The summed E-state index contributed by atoms with van der Waals surface area (Å²) < 4.78 is 12.0. The number of benzene rings is 1. The van der Waals surface area contributed by atoms with Gasteiger partial charge < -0.3 is 30.8 Å². The van der Waals surface area contributed by atoms with Gasteiger partial charge in [0.2, 0.25) is 17.7 Å². The number of ether oxygens (including phenoxy) is 1. The molecule has 3 aromatic heterocycles. The van der Waals surface area contributed by atoms with Crippen molar-refractivity contribution < 1.29 is 13.9 Å². The molecule has 0 spiro atoms. The number of hydrogen-bond donors (Lipinski definition) is 3. The third kappa shape index (κ3) is 5.24. The van der Waals surface area contributed by atoms with E-state index in [4.69, 9.17) is 20.6 Å². The maximum atomic E-state index is 10.8. The van der Waals surface area contributed by atoms with Crippen molar-refractivity contribution >= 4 is 29.3 Å². The van der Waals surface area contributed by atoms with Gasteiger partial charge in [0.05, 0.1) is 6.26 Å². The third-order valence-corrected chi connectivity index (χ3v) is 5.64. The highest BCUT2D eigenvalue weighted by Crippen LogP contribution is 2.21. The van der Waals surface area contributed by atoms with Crippen LogP contribution in [0.2, 0.25) is 0 Å². The highest BCUT2D eigenvalue weighted by atomic mass is 16.5. The van der Waals surface area contributed by atoms with E-state index < -0.39 is 5.91 Å². The van der Waals surface area contributed by atoms with E-state index in [1.807, 2.05) is 24.3 Å². The molecule has 1 aliphatic rings. The van der Waals surface area contributed by atoms with Crippen molar-refractivity contribution in [2.24, 2.45) is 5.73 Å². The molecule has 13 heteroatoms. The first kappa shape index (κ1) is 22.4. The van der Waals surface area contributed by atoms with Gasteiger partial charge in [0.15, 0.2) is 12.4 Å². The molecule has 1 aromatic carbocycles. The molecule has 5 N–H and O–H groups in total. The van der Waals surface area contributed by atoms with Crippen LogP contribution in [0.3, 0.4) is 0 Å². The second-order valence-corrected chi connectivity index (χ2v) is 8.03. The van der Waals surface area contributed by atoms with Gasteiger partial charge in [-0.15, -0.1) is 5.10 Å². The number of rotatable bonds is 9. The molecule has 0 saturated carbocycles. The number of piperazine rings is 1. The predicted molar refractivity (Wildman–Crippen MR) is 129 cm³/mol. The minimum Gasteiger partial charge on any atom is -0.484 e. The number of primary amides is 1. The SMILES string of the molecule is NC(=O)COc1ccc(N2CCN(CCNc3nc(N)n4nc(-c5ccco5)nc4n3)CC2)cc1. The summed E-state index contributed by atoms with van der Waals surface area (Å²) in [6.45, 7) is 5.06. The van der Waals surface area contributed by atoms with Crippen molar-refractivity contribution in [3.05, 3.63) is 42.7 Å². The number of nitrogens with zero attached hydrogens (tertiary/aromatic N) is 7. The van der Waals surface area contributed by atoms with Crippen LogP contribution < -0.4 is 26.4 Å². The topological polar surface area (TPSA) is 166 Å². The zero-order valence-corrected chi connectivity index (χ0v) is 19.0. The lowest BCUT2D eigenvalue weighted by atomic mass is 10.2. The maximum absolute atomic E-state index is 10.8. The zero-order chi connectivity index (χ0) is 24.2. The first-order chi connectivity index (χ1) is 17.0. The molecule has 1 fully saturated rings. The van der Waals surface area contributed by atoms with Crippen LogP contribution in [0.4, 0.5) is 17.6 Å². The first-order valence-electron chi connectivity index (χ1n) is 11.2. The molecule has 182 valence electrons. The number of hydrogen-bond acceptors (Lipinski definition) is 11. The summed E-state index contributed by atoms with van der Waals surface area (Å²) >= 11 is 0. The number of amides is 1. The lowest BCUT2D eigenvalue weighted by molar-refractivity contribution is -0.119. The van der Waals surface area contributed by atoms with E-state index in [2.05, 4.69) is 35.2 Å². The third-order valence-electron chi connectivity index (χ3n) is 5.64. The van der Waals surface area contributed by atoms with Crippen LogP contribution in [-0.4, -0.2) is 81.2 Å². The molecule has 1 amide bonds. The molecule has 13 nitrogen and oxygen atoms in total. The zero-order valence-electron chi connectivity index (χ0n) is 19.0. The Hall–Kier alpha value is -4.39.